The standard InChI is InChI=1S/C51H65N5O7.C39H51N3O5/c1-9-36(25-43(31-52)34(7)57)19-15-14-16-20-45(59)53-23-17-18-33(6)32-54(35(8)58)44-30-48(62)56(51(44)63)50-41(12-4)28-38(29-42(50)13-5)24-37-26-39(10-2)49(40(11-3)27-37)55-46(60)21-22-47(55)61;1-8-13-14-15-25(6)24-40(26(7)43)33-23-36(46)42(39(33)47)38-31(11-4)21-28(22-32(38)12-5)18-27-19-29(9-2)37(30(10-3)20-27)41-34(44)16-17-35(41)45/h9,14,16,21-22,26-29,33,36,43-44H,1,10-13,15,17-20,23-25,30,32H2,2-8H3,(H,53,59);16-17,19-22,25,33H,8-15,18,23-24H2,1-7H3/b16-14+;. The van der Waals surface area contributed by atoms with Gasteiger partial charge in [0.05, 0.1) is 41.7 Å². The van der Waals surface area contributed by atoms with E-state index in [1.165, 1.54) is 69.6 Å². The summed E-state index contributed by atoms with van der Waals surface area (Å²) in [7, 11) is 0. The summed E-state index contributed by atoms with van der Waals surface area (Å²) in [5.41, 5.74) is 14.1. The van der Waals surface area contributed by atoms with Crippen molar-refractivity contribution in [2.24, 2.45) is 23.7 Å². The van der Waals surface area contributed by atoms with Crippen LogP contribution in [0.1, 0.15) is 241 Å². The van der Waals surface area contributed by atoms with Gasteiger partial charge < -0.3 is 15.1 Å². The summed E-state index contributed by atoms with van der Waals surface area (Å²) in [5.74, 6) is -3.69. The summed E-state index contributed by atoms with van der Waals surface area (Å²) in [6, 6.07) is 16.9. The number of nitriles is 1. The largest absolute Gasteiger partial charge is 0.356 e. The SMILES string of the molecule is C=CC(CC/C=C/CC(=O)NCCCC(C)CN(C(C)=O)C1CC(=O)N(c2c(CC)cc(Cc3cc(CC)c(N4C(=O)C=CC4=O)c(CC)c3)cc2CC)C1=O)CC(C#N)C(C)=O.CCCCCC(C)CN(C(C)=O)C1CC(=O)N(c2c(CC)cc(Cc3cc(CC)c(N4C(=O)C=CC4=O)c(CC)c3)cc2CC)C1=O. The Kier molecular flexibility index (Phi) is 32.6. The number of allylic oxidation sites excluding steroid dienone is 2. The fourth-order valence-corrected chi connectivity index (χ4v) is 15.8. The molecule has 0 saturated carbocycles. The molecule has 11 amide bonds. The van der Waals surface area contributed by atoms with Gasteiger partial charge in [-0.1, -0.05) is 162 Å². The second-order valence-electron chi connectivity index (χ2n) is 29.8. The predicted molar refractivity (Wildman–Crippen MR) is 432 cm³/mol. The van der Waals surface area contributed by atoms with Crippen molar-refractivity contribution in [3.63, 3.8) is 0 Å². The molecular weight excluding hydrogens is 1390 g/mol. The monoisotopic (exact) mass is 1500 g/mol. The lowest BCUT2D eigenvalue weighted by molar-refractivity contribution is -0.137. The van der Waals surface area contributed by atoms with Crippen molar-refractivity contribution in [2.45, 2.75) is 250 Å². The Hall–Kier alpha value is -10.0. The molecule has 4 aromatic carbocycles. The van der Waals surface area contributed by atoms with Crippen molar-refractivity contribution in [2.75, 3.05) is 39.2 Å². The molecule has 4 heterocycles. The first-order valence-corrected chi connectivity index (χ1v) is 40.0. The molecule has 8 rings (SSSR count). The molecule has 4 aromatic rings. The lowest BCUT2D eigenvalue weighted by Gasteiger charge is -2.30. The normalized spacial score (nSPS) is 16.7. The highest BCUT2D eigenvalue weighted by molar-refractivity contribution is 6.30. The van der Waals surface area contributed by atoms with Gasteiger partial charge in [0.25, 0.3) is 35.4 Å². The predicted octanol–water partition coefficient (Wildman–Crippen LogP) is 14.3. The second kappa shape index (κ2) is 41.1. The molecule has 0 aromatic heterocycles. The number of nitrogens with zero attached hydrogens (tertiary/aromatic N) is 7. The van der Waals surface area contributed by atoms with Gasteiger partial charge in [0.1, 0.15) is 23.8 Å². The highest BCUT2D eigenvalue weighted by Crippen LogP contribution is 2.40. The lowest BCUT2D eigenvalue weighted by atomic mass is 9.90. The van der Waals surface area contributed by atoms with E-state index in [0.717, 1.165) is 98.9 Å². The maximum Gasteiger partial charge on any atom is 0.258 e. The summed E-state index contributed by atoms with van der Waals surface area (Å²) in [6.07, 6.45) is 24.7. The second-order valence-corrected chi connectivity index (χ2v) is 29.8. The molecule has 4 aliphatic heterocycles. The molecule has 6 atom stereocenters. The van der Waals surface area contributed by atoms with Crippen molar-refractivity contribution < 1.29 is 57.5 Å². The van der Waals surface area contributed by atoms with Crippen molar-refractivity contribution in [3.8, 4) is 6.07 Å². The van der Waals surface area contributed by atoms with Gasteiger partial charge in [0.15, 0.2) is 0 Å². The molecule has 4 aliphatic rings. The number of carbonyl (C=O) groups is 12. The zero-order chi connectivity index (χ0) is 80.8. The van der Waals surface area contributed by atoms with Crippen LogP contribution < -0.4 is 24.9 Å². The number of imide groups is 4. The molecule has 588 valence electrons. The molecule has 0 radical (unpaired) electrons. The van der Waals surface area contributed by atoms with E-state index >= 15 is 0 Å². The molecule has 1 N–H and O–H groups in total. The van der Waals surface area contributed by atoms with E-state index in [1.54, 1.807) is 11.0 Å². The summed E-state index contributed by atoms with van der Waals surface area (Å²) in [4.78, 5) is 164. The zero-order valence-corrected chi connectivity index (χ0v) is 67.5. The van der Waals surface area contributed by atoms with E-state index < -0.39 is 23.9 Å². The molecule has 2 fully saturated rings. The molecular formula is C90H116N8O12. The summed E-state index contributed by atoms with van der Waals surface area (Å²) in [6.45, 7) is 31.8. The highest BCUT2D eigenvalue weighted by atomic mass is 16.2. The van der Waals surface area contributed by atoms with E-state index in [0.29, 0.717) is 132 Å². The number of hydrogen-bond donors (Lipinski definition) is 1. The molecule has 20 nitrogen and oxygen atoms in total. The van der Waals surface area contributed by atoms with E-state index in [2.05, 4.69) is 80.3 Å². The number of unbranched alkanes of at least 4 members (excludes halogenated alkanes) is 2. The molecule has 2 saturated heterocycles. The van der Waals surface area contributed by atoms with Crippen LogP contribution in [-0.2, 0) is 122 Å². The molecule has 110 heavy (non-hydrogen) atoms. The number of anilines is 4. The Morgan fingerprint density at radius 3 is 1.14 bits per heavy atom. The maximum atomic E-state index is 14.2. The van der Waals surface area contributed by atoms with E-state index in [9.17, 15) is 62.8 Å². The topological polar surface area (TPSA) is 260 Å². The maximum absolute atomic E-state index is 14.2. The first kappa shape index (κ1) is 87.2. The van der Waals surface area contributed by atoms with Crippen LogP contribution >= 0.6 is 0 Å². The van der Waals surface area contributed by atoms with Gasteiger partial charge in [0, 0.05) is 64.2 Å². The highest BCUT2D eigenvalue weighted by Gasteiger charge is 2.47. The first-order valence-electron chi connectivity index (χ1n) is 40.0. The Bertz CT molecular complexity index is 4150. The molecule has 6 unspecified atom stereocenters. The number of carbonyl (C=O) groups excluding carboxylic acids is 12. The number of benzene rings is 4. The quantitative estimate of drug-likeness (QED) is 0.0248. The third kappa shape index (κ3) is 21.3. The Labute approximate surface area is 651 Å². The van der Waals surface area contributed by atoms with Crippen LogP contribution in [0.5, 0.6) is 0 Å². The van der Waals surface area contributed by atoms with E-state index in [-0.39, 0.29) is 102 Å². The van der Waals surface area contributed by atoms with Crippen molar-refractivity contribution in [1.82, 2.24) is 15.1 Å². The molecule has 0 spiro atoms. The lowest BCUT2D eigenvalue weighted by Crippen LogP contribution is -2.46. The van der Waals surface area contributed by atoms with Crippen molar-refractivity contribution in [1.29, 1.82) is 5.26 Å². The smallest absolute Gasteiger partial charge is 0.258 e. The minimum absolute atomic E-state index is 0.00235. The van der Waals surface area contributed by atoms with Crippen molar-refractivity contribution >= 4 is 93.5 Å². The fourth-order valence-electron chi connectivity index (χ4n) is 15.8. The number of amides is 11. The van der Waals surface area contributed by atoms with Crippen LogP contribution in [0.15, 0.2) is 97.6 Å². The van der Waals surface area contributed by atoms with Gasteiger partial charge in [-0.15, -0.1) is 6.58 Å². The number of ketones is 1. The summed E-state index contributed by atoms with van der Waals surface area (Å²) < 4.78 is 0. The number of hydrogen-bond acceptors (Lipinski definition) is 13. The van der Waals surface area contributed by atoms with Crippen LogP contribution in [0, 0.1) is 35.0 Å². The average molecular weight is 1500 g/mol. The molecule has 0 bridgehead atoms. The minimum Gasteiger partial charge on any atom is -0.356 e. The number of rotatable bonds is 39. The number of nitrogens with one attached hydrogen (secondary N) is 1. The number of Topliss-reactive ketones (excluding diaryl/α,β-unsaturated/α-hetero) is 1. The Morgan fingerprint density at radius 2 is 0.836 bits per heavy atom. The number of aryl methyl sites for hydroxylation is 8. The van der Waals surface area contributed by atoms with Crippen LogP contribution in [0.3, 0.4) is 0 Å². The minimum atomic E-state index is -0.912. The summed E-state index contributed by atoms with van der Waals surface area (Å²) in [5, 5.41) is 12.1. The van der Waals surface area contributed by atoms with Gasteiger partial charge in [-0.05, 0) is 194 Å². The van der Waals surface area contributed by atoms with E-state index in [1.807, 2.05) is 74.5 Å². The summed E-state index contributed by atoms with van der Waals surface area (Å²) >= 11 is 0. The average Bonchev–Trinajstić information content (AvgIpc) is 1.59. The van der Waals surface area contributed by atoms with Gasteiger partial charge in [-0.2, -0.15) is 5.26 Å². The van der Waals surface area contributed by atoms with Gasteiger partial charge in [0.2, 0.25) is 29.5 Å². The Balaban J connectivity index is 0.000000319. The Morgan fingerprint density at radius 1 is 0.500 bits per heavy atom. The fraction of sp³-hybridized carbons (Fsp3) is 0.500. The van der Waals surface area contributed by atoms with E-state index in [4.69, 9.17) is 0 Å². The van der Waals surface area contributed by atoms with Crippen LogP contribution in [0.4, 0.5) is 22.7 Å². The van der Waals surface area contributed by atoms with Crippen molar-refractivity contribution in [3.05, 3.63) is 164 Å². The van der Waals surface area contributed by atoms with Crippen LogP contribution in [0.25, 0.3) is 0 Å². The van der Waals surface area contributed by atoms with Crippen LogP contribution in [0.2, 0.25) is 0 Å². The third-order valence-corrected chi connectivity index (χ3v) is 21.7. The zero-order valence-electron chi connectivity index (χ0n) is 67.5. The van der Waals surface area contributed by atoms with Gasteiger partial charge in [-0.25, -0.2) is 19.6 Å². The third-order valence-electron chi connectivity index (χ3n) is 21.7. The molecule has 0 aliphatic carbocycles. The van der Waals surface area contributed by atoms with Gasteiger partial charge in [-0.3, -0.25) is 57.5 Å². The van der Waals surface area contributed by atoms with Gasteiger partial charge >= 0.3 is 0 Å². The van der Waals surface area contributed by atoms with Crippen LogP contribution in [-0.4, -0.2) is 112 Å². The first-order chi connectivity index (χ1) is 52.6. The molecule has 20 heteroatoms.